The summed E-state index contributed by atoms with van der Waals surface area (Å²) in [7, 11) is 1.71. The van der Waals surface area contributed by atoms with Crippen molar-refractivity contribution in [1.82, 2.24) is 0 Å². The van der Waals surface area contributed by atoms with Crippen molar-refractivity contribution in [2.24, 2.45) is 0 Å². The average molecular weight is 252 g/mol. The second-order valence-electron chi connectivity index (χ2n) is 5.43. The van der Waals surface area contributed by atoms with Gasteiger partial charge >= 0.3 is 0 Å². The lowest BCUT2D eigenvalue weighted by Gasteiger charge is -2.30. The molecular formula is C18H20O. The second kappa shape index (κ2) is 5.08. The number of methoxy groups -OCH3 is 1. The van der Waals surface area contributed by atoms with Gasteiger partial charge in [-0.1, -0.05) is 43.3 Å². The van der Waals surface area contributed by atoms with E-state index in [1.54, 1.807) is 7.11 Å². The van der Waals surface area contributed by atoms with Gasteiger partial charge in [-0.05, 0) is 47.6 Å². The molecule has 0 saturated heterocycles. The Labute approximate surface area is 115 Å². The molecule has 2 atom stereocenters. The van der Waals surface area contributed by atoms with Crippen LogP contribution in [-0.4, -0.2) is 7.11 Å². The average Bonchev–Trinajstić information content (AvgIpc) is 2.48. The van der Waals surface area contributed by atoms with Crippen molar-refractivity contribution in [2.75, 3.05) is 7.11 Å². The van der Waals surface area contributed by atoms with E-state index in [2.05, 4.69) is 55.5 Å². The fraction of sp³-hybridized carbons (Fsp3) is 0.333. The van der Waals surface area contributed by atoms with Crippen LogP contribution in [0.15, 0.2) is 48.5 Å². The van der Waals surface area contributed by atoms with E-state index in [1.165, 1.54) is 29.5 Å². The van der Waals surface area contributed by atoms with Crippen LogP contribution in [0.4, 0.5) is 0 Å². The van der Waals surface area contributed by atoms with Crippen molar-refractivity contribution in [2.45, 2.75) is 31.6 Å². The molecule has 0 bridgehead atoms. The van der Waals surface area contributed by atoms with Gasteiger partial charge in [0, 0.05) is 5.92 Å². The standard InChI is InChI=1S/C18H20O/c1-13-7-12-17(18-6-4-3-5-16(13)18)14-8-10-15(19-2)11-9-14/h3-6,8-11,13,17H,7,12H2,1-2H3. The molecule has 0 heterocycles. The van der Waals surface area contributed by atoms with Gasteiger partial charge in [-0.15, -0.1) is 0 Å². The molecule has 1 aliphatic rings. The molecule has 3 rings (SSSR count). The van der Waals surface area contributed by atoms with E-state index in [-0.39, 0.29) is 0 Å². The summed E-state index contributed by atoms with van der Waals surface area (Å²) in [5.74, 6) is 2.16. The molecule has 19 heavy (non-hydrogen) atoms. The molecule has 1 nitrogen and oxygen atoms in total. The fourth-order valence-corrected chi connectivity index (χ4v) is 3.19. The lowest BCUT2D eigenvalue weighted by Crippen LogP contribution is -2.13. The molecule has 98 valence electrons. The van der Waals surface area contributed by atoms with E-state index < -0.39 is 0 Å². The molecular weight excluding hydrogens is 232 g/mol. The Hall–Kier alpha value is -1.76. The maximum Gasteiger partial charge on any atom is 0.118 e. The summed E-state index contributed by atoms with van der Waals surface area (Å²) in [5, 5.41) is 0. The van der Waals surface area contributed by atoms with E-state index in [9.17, 15) is 0 Å². The Morgan fingerprint density at radius 1 is 0.895 bits per heavy atom. The number of fused-ring (bicyclic) bond motifs is 1. The number of benzene rings is 2. The van der Waals surface area contributed by atoms with E-state index >= 15 is 0 Å². The Kier molecular flexibility index (Phi) is 3.29. The van der Waals surface area contributed by atoms with Crippen LogP contribution in [0.25, 0.3) is 0 Å². The molecule has 0 saturated carbocycles. The monoisotopic (exact) mass is 252 g/mol. The summed E-state index contributed by atoms with van der Waals surface area (Å²) in [6, 6.07) is 17.4. The summed E-state index contributed by atoms with van der Waals surface area (Å²) < 4.78 is 5.24. The van der Waals surface area contributed by atoms with Crippen LogP contribution in [0, 0.1) is 0 Å². The lowest BCUT2D eigenvalue weighted by atomic mass is 9.75. The van der Waals surface area contributed by atoms with Crippen LogP contribution in [0.1, 0.15) is 48.3 Å². The van der Waals surface area contributed by atoms with Crippen molar-refractivity contribution >= 4 is 0 Å². The van der Waals surface area contributed by atoms with Gasteiger partial charge in [-0.3, -0.25) is 0 Å². The highest BCUT2D eigenvalue weighted by Gasteiger charge is 2.25. The lowest BCUT2D eigenvalue weighted by molar-refractivity contribution is 0.414. The zero-order valence-electron chi connectivity index (χ0n) is 11.6. The number of rotatable bonds is 2. The molecule has 0 aliphatic heterocycles. The van der Waals surface area contributed by atoms with Gasteiger partial charge in [0.25, 0.3) is 0 Å². The molecule has 0 radical (unpaired) electrons. The van der Waals surface area contributed by atoms with Gasteiger partial charge in [0.2, 0.25) is 0 Å². The van der Waals surface area contributed by atoms with Crippen LogP contribution in [0.3, 0.4) is 0 Å². The van der Waals surface area contributed by atoms with Crippen molar-refractivity contribution in [3.63, 3.8) is 0 Å². The van der Waals surface area contributed by atoms with E-state index in [0.29, 0.717) is 11.8 Å². The fourth-order valence-electron chi connectivity index (χ4n) is 3.19. The van der Waals surface area contributed by atoms with Gasteiger partial charge < -0.3 is 4.74 Å². The molecule has 0 fully saturated rings. The van der Waals surface area contributed by atoms with E-state index in [0.717, 1.165) is 5.75 Å². The molecule has 0 spiro atoms. The minimum absolute atomic E-state index is 0.540. The topological polar surface area (TPSA) is 9.23 Å². The minimum Gasteiger partial charge on any atom is -0.497 e. The van der Waals surface area contributed by atoms with Gasteiger partial charge in [-0.2, -0.15) is 0 Å². The highest BCUT2D eigenvalue weighted by Crippen LogP contribution is 2.42. The minimum atomic E-state index is 0.540. The van der Waals surface area contributed by atoms with E-state index in [1.807, 2.05) is 0 Å². The molecule has 0 N–H and O–H groups in total. The maximum absolute atomic E-state index is 5.24. The summed E-state index contributed by atoms with van der Waals surface area (Å²) >= 11 is 0. The van der Waals surface area contributed by atoms with Crippen LogP contribution in [0.2, 0.25) is 0 Å². The number of hydrogen-bond donors (Lipinski definition) is 0. The van der Waals surface area contributed by atoms with Crippen LogP contribution in [-0.2, 0) is 0 Å². The van der Waals surface area contributed by atoms with Gasteiger partial charge in [0.1, 0.15) is 5.75 Å². The SMILES string of the molecule is COc1ccc(C2CCC(C)c3ccccc32)cc1. The quantitative estimate of drug-likeness (QED) is 0.751. The van der Waals surface area contributed by atoms with Crippen molar-refractivity contribution in [3.8, 4) is 5.75 Å². The second-order valence-corrected chi connectivity index (χ2v) is 5.43. The first-order valence-electron chi connectivity index (χ1n) is 7.02. The van der Waals surface area contributed by atoms with Crippen LogP contribution >= 0.6 is 0 Å². The highest BCUT2D eigenvalue weighted by molar-refractivity contribution is 5.42. The zero-order chi connectivity index (χ0) is 13.2. The Bertz CT molecular complexity index is 556. The highest BCUT2D eigenvalue weighted by atomic mass is 16.5. The summed E-state index contributed by atoms with van der Waals surface area (Å²) in [6.45, 7) is 2.34. The van der Waals surface area contributed by atoms with Gasteiger partial charge in [-0.25, -0.2) is 0 Å². The van der Waals surface area contributed by atoms with Gasteiger partial charge in [0.05, 0.1) is 7.11 Å². The Morgan fingerprint density at radius 3 is 2.26 bits per heavy atom. The molecule has 2 unspecified atom stereocenters. The first kappa shape index (κ1) is 12.3. The Morgan fingerprint density at radius 2 is 1.58 bits per heavy atom. The normalized spacial score (nSPS) is 21.8. The molecule has 1 aliphatic carbocycles. The third-order valence-corrected chi connectivity index (χ3v) is 4.31. The molecule has 0 amide bonds. The first-order chi connectivity index (χ1) is 9.29. The van der Waals surface area contributed by atoms with Crippen molar-refractivity contribution in [1.29, 1.82) is 0 Å². The summed E-state index contributed by atoms with van der Waals surface area (Å²) in [4.78, 5) is 0. The smallest absolute Gasteiger partial charge is 0.118 e. The third-order valence-electron chi connectivity index (χ3n) is 4.31. The molecule has 0 aromatic heterocycles. The summed E-state index contributed by atoms with van der Waals surface area (Å²) in [6.07, 6.45) is 2.51. The Balaban J connectivity index is 1.99. The van der Waals surface area contributed by atoms with Crippen molar-refractivity contribution in [3.05, 3.63) is 65.2 Å². The molecule has 2 aromatic carbocycles. The largest absolute Gasteiger partial charge is 0.497 e. The third kappa shape index (κ3) is 2.25. The van der Waals surface area contributed by atoms with Crippen molar-refractivity contribution < 1.29 is 4.74 Å². The predicted molar refractivity (Wildman–Crippen MR) is 78.9 cm³/mol. The molecule has 2 aromatic rings. The maximum atomic E-state index is 5.24. The number of hydrogen-bond acceptors (Lipinski definition) is 1. The van der Waals surface area contributed by atoms with Gasteiger partial charge in [0.15, 0.2) is 0 Å². The van der Waals surface area contributed by atoms with Crippen LogP contribution < -0.4 is 4.74 Å². The summed E-state index contributed by atoms with van der Waals surface area (Å²) in [5.41, 5.74) is 4.43. The van der Waals surface area contributed by atoms with Crippen LogP contribution in [0.5, 0.6) is 5.75 Å². The first-order valence-corrected chi connectivity index (χ1v) is 7.02. The molecule has 1 heteroatoms. The van der Waals surface area contributed by atoms with E-state index in [4.69, 9.17) is 4.74 Å². The predicted octanol–water partition coefficient (Wildman–Crippen LogP) is 4.72. The number of ether oxygens (including phenoxy) is 1. The zero-order valence-corrected chi connectivity index (χ0v) is 11.6.